The zero-order valence-corrected chi connectivity index (χ0v) is 26.7. The molecule has 3 atom stereocenters. The molecular formula is C34H38Cl2N2O6. The Bertz CT molecular complexity index is 1480. The Morgan fingerprint density at radius 3 is 2.23 bits per heavy atom. The zero-order valence-electron chi connectivity index (χ0n) is 25.2. The van der Waals surface area contributed by atoms with Gasteiger partial charge in [0.1, 0.15) is 5.41 Å². The van der Waals surface area contributed by atoms with E-state index in [-0.39, 0.29) is 11.8 Å². The van der Waals surface area contributed by atoms with Crippen LogP contribution in [0.5, 0.6) is 17.2 Å². The largest absolute Gasteiger partial charge is 0.493 e. The molecular weight excluding hydrogens is 603 g/mol. The van der Waals surface area contributed by atoms with Gasteiger partial charge in [-0.05, 0) is 73.7 Å². The van der Waals surface area contributed by atoms with Gasteiger partial charge >= 0.3 is 5.97 Å². The van der Waals surface area contributed by atoms with E-state index in [2.05, 4.69) is 4.90 Å². The molecule has 5 rings (SSSR count). The van der Waals surface area contributed by atoms with Crippen LogP contribution < -0.4 is 14.2 Å². The van der Waals surface area contributed by atoms with Crippen molar-refractivity contribution in [2.24, 2.45) is 5.92 Å². The fourth-order valence-corrected chi connectivity index (χ4v) is 7.11. The number of carboxylic acids is 1. The van der Waals surface area contributed by atoms with E-state index in [1.165, 1.54) is 21.3 Å². The SMILES string of the molecule is COc1cc(C(=O)N2CCC(CCN3CCC(C(=O)O)(c4ccccc4)C(c4ccc(Cl)c(Cl)c4)C3)C2)cc(OC)c1OC. The molecule has 2 heterocycles. The highest BCUT2D eigenvalue weighted by Gasteiger charge is 2.51. The van der Waals surface area contributed by atoms with E-state index in [1.54, 1.807) is 18.2 Å². The number of aliphatic carboxylic acids is 1. The predicted molar refractivity (Wildman–Crippen MR) is 171 cm³/mol. The first kappa shape index (κ1) is 31.9. The number of nitrogens with zero attached hydrogens (tertiary/aromatic N) is 2. The van der Waals surface area contributed by atoms with Gasteiger partial charge in [0.15, 0.2) is 11.5 Å². The molecule has 234 valence electrons. The van der Waals surface area contributed by atoms with Crippen molar-refractivity contribution >= 4 is 35.1 Å². The summed E-state index contributed by atoms with van der Waals surface area (Å²) in [6.45, 7) is 3.35. The van der Waals surface area contributed by atoms with Gasteiger partial charge in [-0.3, -0.25) is 9.59 Å². The summed E-state index contributed by atoms with van der Waals surface area (Å²) in [4.78, 5) is 30.8. The van der Waals surface area contributed by atoms with Gasteiger partial charge in [0, 0.05) is 31.1 Å². The Morgan fingerprint density at radius 2 is 1.61 bits per heavy atom. The molecule has 0 aliphatic carbocycles. The summed E-state index contributed by atoms with van der Waals surface area (Å²) >= 11 is 12.7. The molecule has 0 spiro atoms. The van der Waals surface area contributed by atoms with Crippen molar-refractivity contribution in [1.29, 1.82) is 0 Å². The van der Waals surface area contributed by atoms with Crippen molar-refractivity contribution in [1.82, 2.24) is 9.80 Å². The average Bonchev–Trinajstić information content (AvgIpc) is 3.53. The lowest BCUT2D eigenvalue weighted by Crippen LogP contribution is -2.53. The lowest BCUT2D eigenvalue weighted by atomic mass is 9.63. The summed E-state index contributed by atoms with van der Waals surface area (Å²) in [5.41, 5.74) is 1.05. The molecule has 44 heavy (non-hydrogen) atoms. The normalized spacial score (nSPS) is 22.1. The van der Waals surface area contributed by atoms with Crippen molar-refractivity contribution in [3.8, 4) is 17.2 Å². The van der Waals surface area contributed by atoms with Crippen LogP contribution >= 0.6 is 23.2 Å². The molecule has 1 amide bonds. The Kier molecular flexibility index (Phi) is 9.93. The standard InChI is InChI=1S/C34H38Cl2N2O6/c1-42-29-18-24(19-30(43-2)31(29)44-3)32(39)38-15-12-22(20-38)11-14-37-16-13-34(33(40)41,25-7-5-4-6-8-25)26(21-37)23-9-10-27(35)28(36)17-23/h4-10,17-19,22,26H,11-16,20-21H2,1-3H3,(H,40,41). The Hall–Kier alpha value is -3.46. The number of carbonyl (C=O) groups is 2. The molecule has 2 saturated heterocycles. The number of carboxylic acid groups (broad SMARTS) is 1. The number of rotatable bonds is 10. The van der Waals surface area contributed by atoms with Gasteiger partial charge in [-0.1, -0.05) is 59.6 Å². The van der Waals surface area contributed by atoms with Crippen LogP contribution in [0.4, 0.5) is 0 Å². The first-order chi connectivity index (χ1) is 21.2. The van der Waals surface area contributed by atoms with Crippen molar-refractivity contribution < 1.29 is 28.9 Å². The number of benzene rings is 3. The molecule has 0 aromatic heterocycles. The van der Waals surface area contributed by atoms with E-state index in [4.69, 9.17) is 37.4 Å². The number of amides is 1. The highest BCUT2D eigenvalue weighted by atomic mass is 35.5. The zero-order chi connectivity index (χ0) is 31.4. The Balaban J connectivity index is 1.29. The van der Waals surface area contributed by atoms with Gasteiger partial charge in [-0.15, -0.1) is 0 Å². The fraction of sp³-hybridized carbons (Fsp3) is 0.412. The summed E-state index contributed by atoms with van der Waals surface area (Å²) in [5.74, 6) is 0.443. The number of likely N-dealkylation sites (tertiary alicyclic amines) is 2. The molecule has 0 bridgehead atoms. The maximum Gasteiger partial charge on any atom is 0.314 e. The summed E-state index contributed by atoms with van der Waals surface area (Å²) < 4.78 is 16.3. The van der Waals surface area contributed by atoms with Crippen LogP contribution in [-0.4, -0.2) is 80.8 Å². The Labute approximate surface area is 268 Å². The summed E-state index contributed by atoms with van der Waals surface area (Å²) in [5, 5.41) is 11.6. The molecule has 8 nitrogen and oxygen atoms in total. The number of ether oxygens (including phenoxy) is 3. The van der Waals surface area contributed by atoms with Crippen LogP contribution in [0.15, 0.2) is 60.7 Å². The van der Waals surface area contributed by atoms with E-state index >= 15 is 0 Å². The smallest absolute Gasteiger partial charge is 0.314 e. The lowest BCUT2D eigenvalue weighted by molar-refractivity contribution is -0.147. The van der Waals surface area contributed by atoms with E-state index in [9.17, 15) is 14.7 Å². The third-order valence-corrected chi connectivity index (χ3v) is 9.95. The molecule has 3 aromatic carbocycles. The monoisotopic (exact) mass is 640 g/mol. The van der Waals surface area contributed by atoms with Crippen LogP contribution in [0, 0.1) is 5.92 Å². The van der Waals surface area contributed by atoms with Gasteiger partial charge < -0.3 is 29.1 Å². The minimum absolute atomic E-state index is 0.0708. The summed E-state index contributed by atoms with van der Waals surface area (Å²) in [7, 11) is 4.60. The highest BCUT2D eigenvalue weighted by molar-refractivity contribution is 6.42. The van der Waals surface area contributed by atoms with E-state index in [0.717, 1.165) is 30.5 Å². The van der Waals surface area contributed by atoms with E-state index in [1.807, 2.05) is 47.4 Å². The second-order valence-corrected chi connectivity index (χ2v) is 12.3. The fourth-order valence-electron chi connectivity index (χ4n) is 6.80. The molecule has 2 fully saturated rings. The average molecular weight is 642 g/mol. The molecule has 0 saturated carbocycles. The summed E-state index contributed by atoms with van der Waals surface area (Å²) in [6, 6.07) is 18.3. The van der Waals surface area contributed by atoms with Crippen LogP contribution in [0.25, 0.3) is 0 Å². The van der Waals surface area contributed by atoms with Crippen molar-refractivity contribution in [3.05, 3.63) is 87.4 Å². The van der Waals surface area contributed by atoms with Crippen molar-refractivity contribution in [3.63, 3.8) is 0 Å². The second kappa shape index (κ2) is 13.7. The van der Waals surface area contributed by atoms with Crippen molar-refractivity contribution in [2.45, 2.75) is 30.6 Å². The van der Waals surface area contributed by atoms with Gasteiger partial charge in [-0.2, -0.15) is 0 Å². The van der Waals surface area contributed by atoms with Crippen LogP contribution in [0.2, 0.25) is 10.0 Å². The maximum atomic E-state index is 13.4. The highest BCUT2D eigenvalue weighted by Crippen LogP contribution is 2.47. The third-order valence-electron chi connectivity index (χ3n) is 9.21. The minimum atomic E-state index is -1.09. The molecule has 0 radical (unpaired) electrons. The molecule has 2 aliphatic heterocycles. The summed E-state index contributed by atoms with van der Waals surface area (Å²) in [6.07, 6.45) is 2.27. The predicted octanol–water partition coefficient (Wildman–Crippen LogP) is 6.38. The quantitative estimate of drug-likeness (QED) is 0.275. The molecule has 3 unspecified atom stereocenters. The number of hydrogen-bond donors (Lipinski definition) is 1. The molecule has 2 aliphatic rings. The molecule has 3 aromatic rings. The minimum Gasteiger partial charge on any atom is -0.493 e. The van der Waals surface area contributed by atoms with Crippen LogP contribution in [0.3, 0.4) is 0 Å². The third kappa shape index (κ3) is 6.21. The molecule has 10 heteroatoms. The van der Waals surface area contributed by atoms with Gasteiger partial charge in [-0.25, -0.2) is 0 Å². The maximum absolute atomic E-state index is 13.4. The topological polar surface area (TPSA) is 88.5 Å². The van der Waals surface area contributed by atoms with Crippen LogP contribution in [0.1, 0.15) is 46.7 Å². The van der Waals surface area contributed by atoms with Gasteiger partial charge in [0.05, 0.1) is 31.4 Å². The van der Waals surface area contributed by atoms with Crippen molar-refractivity contribution in [2.75, 3.05) is 54.1 Å². The van der Waals surface area contributed by atoms with Crippen LogP contribution in [-0.2, 0) is 10.2 Å². The number of hydrogen-bond acceptors (Lipinski definition) is 6. The van der Waals surface area contributed by atoms with Gasteiger partial charge in [0.2, 0.25) is 5.75 Å². The number of methoxy groups -OCH3 is 3. The number of carbonyl (C=O) groups excluding carboxylic acids is 1. The van der Waals surface area contributed by atoms with Gasteiger partial charge in [0.25, 0.3) is 5.91 Å². The first-order valence-corrected chi connectivity index (χ1v) is 15.5. The lowest BCUT2D eigenvalue weighted by Gasteiger charge is -2.46. The van der Waals surface area contributed by atoms with E-state index < -0.39 is 11.4 Å². The Morgan fingerprint density at radius 1 is 0.909 bits per heavy atom. The van der Waals surface area contributed by atoms with E-state index in [0.29, 0.717) is 71.4 Å². The first-order valence-electron chi connectivity index (χ1n) is 14.8. The number of piperidine rings is 1. The second-order valence-electron chi connectivity index (χ2n) is 11.5. The molecule has 1 N–H and O–H groups in total. The number of halogens is 2.